The molecule has 0 atom stereocenters. The molecule has 4 rings (SSSR count). The molecule has 30 heavy (non-hydrogen) atoms. The lowest BCUT2D eigenvalue weighted by molar-refractivity contribution is -0.137. The van der Waals surface area contributed by atoms with Crippen LogP contribution in [0.25, 0.3) is 22.5 Å². The van der Waals surface area contributed by atoms with E-state index in [2.05, 4.69) is 31.9 Å². The van der Waals surface area contributed by atoms with Crippen LogP contribution in [0.4, 0.5) is 13.2 Å². The van der Waals surface area contributed by atoms with Gasteiger partial charge in [0.1, 0.15) is 0 Å². The largest absolute Gasteiger partial charge is 0.416 e. The second-order valence-electron chi connectivity index (χ2n) is 6.79. The van der Waals surface area contributed by atoms with Gasteiger partial charge in [0, 0.05) is 20.1 Å². The maximum Gasteiger partial charge on any atom is 0.416 e. The van der Waals surface area contributed by atoms with Crippen molar-refractivity contribution in [2.75, 3.05) is 0 Å². The molecule has 0 fully saturated rings. The minimum absolute atomic E-state index is 0.222. The second-order valence-corrected chi connectivity index (χ2v) is 8.62. The van der Waals surface area contributed by atoms with Crippen LogP contribution in [0.15, 0.2) is 87.8 Å². The van der Waals surface area contributed by atoms with Gasteiger partial charge in [-0.3, -0.25) is 4.68 Å². The summed E-state index contributed by atoms with van der Waals surface area (Å²) in [7, 11) is 0. The lowest BCUT2D eigenvalue weighted by Gasteiger charge is -2.11. The van der Waals surface area contributed by atoms with Gasteiger partial charge in [0.05, 0.1) is 23.5 Å². The zero-order valence-electron chi connectivity index (χ0n) is 15.5. The number of benzene rings is 3. The van der Waals surface area contributed by atoms with Crippen LogP contribution in [0.5, 0.6) is 0 Å². The molecular weight excluding hydrogens is 521 g/mol. The van der Waals surface area contributed by atoms with Crippen molar-refractivity contribution in [3.63, 3.8) is 0 Å². The van der Waals surface area contributed by atoms with Crippen LogP contribution < -0.4 is 0 Å². The molecular formula is C23H15Br2F3N2. The van der Waals surface area contributed by atoms with Crippen molar-refractivity contribution in [2.24, 2.45) is 0 Å². The smallest absolute Gasteiger partial charge is 0.260 e. The molecule has 2 nitrogen and oxygen atoms in total. The molecule has 1 heterocycles. The van der Waals surface area contributed by atoms with Gasteiger partial charge in [0.2, 0.25) is 0 Å². The number of hydrogen-bond donors (Lipinski definition) is 0. The van der Waals surface area contributed by atoms with Crippen LogP contribution >= 0.6 is 31.9 Å². The number of nitrogens with zero attached hydrogens (tertiary/aromatic N) is 2. The summed E-state index contributed by atoms with van der Waals surface area (Å²) >= 11 is 6.95. The highest BCUT2D eigenvalue weighted by molar-refractivity contribution is 9.10. The van der Waals surface area contributed by atoms with Crippen molar-refractivity contribution >= 4 is 31.9 Å². The van der Waals surface area contributed by atoms with Crippen LogP contribution in [-0.4, -0.2) is 9.78 Å². The summed E-state index contributed by atoms with van der Waals surface area (Å²) in [4.78, 5) is 0. The molecule has 0 saturated carbocycles. The number of alkyl halides is 3. The number of halogens is 5. The van der Waals surface area contributed by atoms with Gasteiger partial charge in [-0.15, -0.1) is 0 Å². The normalized spacial score (nSPS) is 11.6. The zero-order valence-corrected chi connectivity index (χ0v) is 18.7. The van der Waals surface area contributed by atoms with Gasteiger partial charge >= 0.3 is 6.18 Å². The van der Waals surface area contributed by atoms with E-state index >= 15 is 0 Å². The fourth-order valence-electron chi connectivity index (χ4n) is 3.23. The van der Waals surface area contributed by atoms with Crippen molar-refractivity contribution < 1.29 is 13.2 Å². The SMILES string of the molecule is FC(F)(F)c1cccc(Cn2nc(-c3cccc(Br)c3)cc2-c2cccc(Br)c2)c1. The molecule has 0 aliphatic heterocycles. The predicted molar refractivity (Wildman–Crippen MR) is 119 cm³/mol. The molecule has 1 aromatic heterocycles. The van der Waals surface area contributed by atoms with E-state index in [1.165, 1.54) is 12.1 Å². The Balaban J connectivity index is 1.80. The van der Waals surface area contributed by atoms with Gasteiger partial charge < -0.3 is 0 Å². The molecule has 0 radical (unpaired) electrons. The molecule has 0 N–H and O–H groups in total. The summed E-state index contributed by atoms with van der Waals surface area (Å²) in [6, 6.07) is 22.8. The highest BCUT2D eigenvalue weighted by Gasteiger charge is 2.30. The molecule has 0 unspecified atom stereocenters. The molecule has 0 aliphatic rings. The Bertz CT molecular complexity index is 1200. The average Bonchev–Trinajstić information content (AvgIpc) is 3.11. The summed E-state index contributed by atoms with van der Waals surface area (Å²) in [6.07, 6.45) is -4.38. The van der Waals surface area contributed by atoms with Crippen LogP contribution in [0.1, 0.15) is 11.1 Å². The van der Waals surface area contributed by atoms with Gasteiger partial charge in [-0.05, 0) is 48.0 Å². The van der Waals surface area contributed by atoms with E-state index in [0.717, 1.165) is 37.5 Å². The van der Waals surface area contributed by atoms with Crippen molar-refractivity contribution in [1.82, 2.24) is 9.78 Å². The standard InChI is InChI=1S/C23H15Br2F3N2/c24-19-8-2-5-16(11-19)21-13-22(17-6-3-9-20(25)12-17)30(29-21)14-15-4-1-7-18(10-15)23(26,27)28/h1-13H,14H2. The Kier molecular flexibility index (Phi) is 5.84. The van der Waals surface area contributed by atoms with Crippen molar-refractivity contribution in [1.29, 1.82) is 0 Å². The Labute approximate surface area is 188 Å². The summed E-state index contributed by atoms with van der Waals surface area (Å²) in [5, 5.41) is 4.71. The molecule has 0 bridgehead atoms. The molecule has 4 aromatic rings. The summed E-state index contributed by atoms with van der Waals surface area (Å²) in [6.45, 7) is 0.222. The third-order valence-corrected chi connectivity index (χ3v) is 5.59. The van der Waals surface area contributed by atoms with Gasteiger partial charge in [0.15, 0.2) is 0 Å². The second kappa shape index (κ2) is 8.40. The van der Waals surface area contributed by atoms with E-state index in [1.807, 2.05) is 54.6 Å². The minimum Gasteiger partial charge on any atom is -0.260 e. The van der Waals surface area contributed by atoms with E-state index in [-0.39, 0.29) is 6.54 Å². The van der Waals surface area contributed by atoms with Gasteiger partial charge in [-0.1, -0.05) is 68.3 Å². The molecule has 3 aromatic carbocycles. The topological polar surface area (TPSA) is 17.8 Å². The molecule has 7 heteroatoms. The number of aromatic nitrogens is 2. The highest BCUT2D eigenvalue weighted by atomic mass is 79.9. The summed E-state index contributed by atoms with van der Waals surface area (Å²) < 4.78 is 43.0. The summed E-state index contributed by atoms with van der Waals surface area (Å²) in [5.74, 6) is 0. The minimum atomic E-state index is -4.38. The molecule has 0 amide bonds. The molecule has 0 spiro atoms. The van der Waals surface area contributed by atoms with E-state index in [1.54, 1.807) is 10.7 Å². The average molecular weight is 536 g/mol. The lowest BCUT2D eigenvalue weighted by atomic mass is 10.1. The third-order valence-electron chi connectivity index (χ3n) is 4.61. The van der Waals surface area contributed by atoms with Crippen LogP contribution in [-0.2, 0) is 12.7 Å². The Morgan fingerprint density at radius 3 is 2.07 bits per heavy atom. The first-order valence-corrected chi connectivity index (χ1v) is 10.6. The van der Waals surface area contributed by atoms with Gasteiger partial charge in [-0.25, -0.2) is 0 Å². The first-order valence-electron chi connectivity index (χ1n) is 9.05. The maximum absolute atomic E-state index is 13.1. The van der Waals surface area contributed by atoms with Crippen molar-refractivity contribution in [3.05, 3.63) is 98.9 Å². The summed E-state index contributed by atoms with van der Waals surface area (Å²) in [5.41, 5.74) is 3.28. The third kappa shape index (κ3) is 4.68. The molecule has 152 valence electrons. The van der Waals surface area contributed by atoms with Crippen molar-refractivity contribution in [3.8, 4) is 22.5 Å². The van der Waals surface area contributed by atoms with Crippen molar-refractivity contribution in [2.45, 2.75) is 12.7 Å². The Morgan fingerprint density at radius 1 is 0.767 bits per heavy atom. The predicted octanol–water partition coefficient (Wildman–Crippen LogP) is 7.81. The number of hydrogen-bond acceptors (Lipinski definition) is 1. The van der Waals surface area contributed by atoms with Crippen LogP contribution in [0.3, 0.4) is 0 Å². The molecule has 0 saturated heterocycles. The fourth-order valence-corrected chi connectivity index (χ4v) is 4.02. The maximum atomic E-state index is 13.1. The fraction of sp³-hybridized carbons (Fsp3) is 0.0870. The monoisotopic (exact) mass is 534 g/mol. The lowest BCUT2D eigenvalue weighted by Crippen LogP contribution is -2.08. The van der Waals surface area contributed by atoms with Crippen LogP contribution in [0, 0.1) is 0 Å². The zero-order chi connectivity index (χ0) is 21.3. The van der Waals surface area contributed by atoms with E-state index in [9.17, 15) is 13.2 Å². The Hall–Kier alpha value is -2.38. The Morgan fingerprint density at radius 2 is 1.40 bits per heavy atom. The first-order chi connectivity index (χ1) is 14.3. The first kappa shape index (κ1) is 20.9. The highest BCUT2D eigenvalue weighted by Crippen LogP contribution is 2.32. The van der Waals surface area contributed by atoms with E-state index in [4.69, 9.17) is 5.10 Å². The quantitative estimate of drug-likeness (QED) is 0.260. The van der Waals surface area contributed by atoms with E-state index < -0.39 is 11.7 Å². The number of rotatable bonds is 4. The van der Waals surface area contributed by atoms with Gasteiger partial charge in [0.25, 0.3) is 0 Å². The van der Waals surface area contributed by atoms with E-state index in [0.29, 0.717) is 5.56 Å². The van der Waals surface area contributed by atoms with Gasteiger partial charge in [-0.2, -0.15) is 18.3 Å². The van der Waals surface area contributed by atoms with Crippen LogP contribution in [0.2, 0.25) is 0 Å². The molecule has 0 aliphatic carbocycles.